The number of benzene rings is 1. The second-order valence-electron chi connectivity index (χ2n) is 4.98. The van der Waals surface area contributed by atoms with Crippen LogP contribution < -0.4 is 4.74 Å². The molecule has 1 aromatic carbocycles. The van der Waals surface area contributed by atoms with E-state index in [1.807, 2.05) is 0 Å². The number of rotatable bonds is 3. The molecule has 0 atom stereocenters. The van der Waals surface area contributed by atoms with Crippen molar-refractivity contribution in [3.63, 3.8) is 0 Å². The Balaban J connectivity index is 2.37. The Bertz CT molecular complexity index is 621. The van der Waals surface area contributed by atoms with Gasteiger partial charge in [-0.15, -0.1) is 0 Å². The van der Waals surface area contributed by atoms with Crippen LogP contribution in [0, 0.1) is 5.82 Å². The second kappa shape index (κ2) is 5.96. The van der Waals surface area contributed by atoms with Crippen molar-refractivity contribution in [2.75, 3.05) is 6.61 Å². The summed E-state index contributed by atoms with van der Waals surface area (Å²) in [5.74, 6) is -3.79. The van der Waals surface area contributed by atoms with Gasteiger partial charge in [0.25, 0.3) is 5.79 Å². The van der Waals surface area contributed by atoms with Gasteiger partial charge in [-0.3, -0.25) is 0 Å². The zero-order valence-corrected chi connectivity index (χ0v) is 13.0. The van der Waals surface area contributed by atoms with E-state index < -0.39 is 23.5 Å². The van der Waals surface area contributed by atoms with Crippen LogP contribution in [-0.2, 0) is 19.1 Å². The molecule has 7 heteroatoms. The third-order valence-electron chi connectivity index (χ3n) is 2.74. The number of hydrogen-bond acceptors (Lipinski definition) is 5. The lowest BCUT2D eigenvalue weighted by Crippen LogP contribution is -2.41. The van der Waals surface area contributed by atoms with Crippen LogP contribution in [0.4, 0.5) is 4.39 Å². The number of esters is 2. The molecule has 0 radical (unpaired) electrons. The Hall–Kier alpha value is -2.08. The molecule has 0 aromatic heterocycles. The number of carbonyl (C=O) groups is 2. The van der Waals surface area contributed by atoms with Crippen molar-refractivity contribution < 1.29 is 28.2 Å². The Morgan fingerprint density at radius 3 is 2.36 bits per heavy atom. The van der Waals surface area contributed by atoms with Gasteiger partial charge in [0.1, 0.15) is 5.57 Å². The van der Waals surface area contributed by atoms with Gasteiger partial charge < -0.3 is 14.2 Å². The summed E-state index contributed by atoms with van der Waals surface area (Å²) >= 11 is 5.92. The SMILES string of the molecule is CCOc1c(F)cc(C=C2C(=O)OC(C)(C)OC2=O)cc1Cl. The number of cyclic esters (lactones) is 2. The lowest BCUT2D eigenvalue weighted by Gasteiger charge is -2.29. The van der Waals surface area contributed by atoms with Crippen LogP contribution >= 0.6 is 11.6 Å². The van der Waals surface area contributed by atoms with Gasteiger partial charge >= 0.3 is 11.9 Å². The molecule has 2 rings (SSSR count). The van der Waals surface area contributed by atoms with Crippen LogP contribution in [0.5, 0.6) is 5.75 Å². The van der Waals surface area contributed by atoms with Crippen LogP contribution in [0.25, 0.3) is 6.08 Å². The highest BCUT2D eigenvalue weighted by atomic mass is 35.5. The maximum atomic E-state index is 13.9. The average molecular weight is 329 g/mol. The van der Waals surface area contributed by atoms with Crippen molar-refractivity contribution in [2.24, 2.45) is 0 Å². The summed E-state index contributed by atoms with van der Waals surface area (Å²) in [5.41, 5.74) is -0.117. The summed E-state index contributed by atoms with van der Waals surface area (Å²) < 4.78 is 28.9. The van der Waals surface area contributed by atoms with Gasteiger partial charge in [0, 0.05) is 13.8 Å². The van der Waals surface area contributed by atoms with Crippen LogP contribution in [0.3, 0.4) is 0 Å². The van der Waals surface area contributed by atoms with Gasteiger partial charge in [-0.2, -0.15) is 0 Å². The molecule has 0 unspecified atom stereocenters. The van der Waals surface area contributed by atoms with Crippen LogP contribution in [-0.4, -0.2) is 24.3 Å². The van der Waals surface area contributed by atoms with Crippen molar-refractivity contribution >= 4 is 29.6 Å². The van der Waals surface area contributed by atoms with E-state index in [2.05, 4.69) is 0 Å². The maximum Gasteiger partial charge on any atom is 0.348 e. The summed E-state index contributed by atoms with van der Waals surface area (Å²) in [4.78, 5) is 23.6. The van der Waals surface area contributed by atoms with Crippen molar-refractivity contribution in [1.82, 2.24) is 0 Å². The molecule has 22 heavy (non-hydrogen) atoms. The molecule has 118 valence electrons. The minimum atomic E-state index is -1.33. The smallest absolute Gasteiger partial charge is 0.348 e. The predicted octanol–water partition coefficient (Wildman–Crippen LogP) is 3.10. The summed E-state index contributed by atoms with van der Waals surface area (Å²) in [7, 11) is 0. The minimum absolute atomic E-state index is 0.0339. The molecular weight excluding hydrogens is 315 g/mol. The van der Waals surface area contributed by atoms with Crippen molar-refractivity contribution in [2.45, 2.75) is 26.6 Å². The monoisotopic (exact) mass is 328 g/mol. The molecule has 1 aliphatic heterocycles. The summed E-state index contributed by atoms with van der Waals surface area (Å²) in [6.45, 7) is 4.83. The molecule has 0 amide bonds. The molecule has 0 bridgehead atoms. The van der Waals surface area contributed by atoms with Gasteiger partial charge in [0.15, 0.2) is 11.6 Å². The topological polar surface area (TPSA) is 61.8 Å². The molecule has 1 aliphatic rings. The second-order valence-corrected chi connectivity index (χ2v) is 5.39. The van der Waals surface area contributed by atoms with Crippen molar-refractivity contribution in [3.05, 3.63) is 34.1 Å². The Morgan fingerprint density at radius 1 is 1.27 bits per heavy atom. The molecular formula is C15H14ClFO5. The highest BCUT2D eigenvalue weighted by Gasteiger charge is 2.38. The van der Waals surface area contributed by atoms with E-state index >= 15 is 0 Å². The van der Waals surface area contributed by atoms with Crippen LogP contribution in [0.1, 0.15) is 26.3 Å². The van der Waals surface area contributed by atoms with Crippen LogP contribution in [0.15, 0.2) is 17.7 Å². The third kappa shape index (κ3) is 3.39. The molecule has 0 spiro atoms. The van der Waals surface area contributed by atoms with Gasteiger partial charge in [0.05, 0.1) is 11.6 Å². The highest BCUT2D eigenvalue weighted by molar-refractivity contribution is 6.32. The summed E-state index contributed by atoms with van der Waals surface area (Å²) in [5, 5.41) is 0.0339. The first-order valence-electron chi connectivity index (χ1n) is 6.53. The molecule has 5 nitrogen and oxygen atoms in total. The molecule has 1 fully saturated rings. The van der Waals surface area contributed by atoms with E-state index in [4.69, 9.17) is 25.8 Å². The molecule has 0 aliphatic carbocycles. The minimum Gasteiger partial charge on any atom is -0.489 e. The van der Waals surface area contributed by atoms with E-state index in [0.29, 0.717) is 0 Å². The van der Waals surface area contributed by atoms with E-state index in [-0.39, 0.29) is 28.5 Å². The molecule has 1 saturated heterocycles. The van der Waals surface area contributed by atoms with Gasteiger partial charge in [-0.25, -0.2) is 14.0 Å². The fraction of sp³-hybridized carbons (Fsp3) is 0.333. The highest BCUT2D eigenvalue weighted by Crippen LogP contribution is 2.31. The first-order valence-corrected chi connectivity index (χ1v) is 6.91. The number of carbonyl (C=O) groups excluding carboxylic acids is 2. The Kier molecular flexibility index (Phi) is 4.42. The summed E-state index contributed by atoms with van der Waals surface area (Å²) in [6.07, 6.45) is 1.16. The fourth-order valence-electron chi connectivity index (χ4n) is 1.89. The predicted molar refractivity (Wildman–Crippen MR) is 76.8 cm³/mol. The molecule has 1 heterocycles. The fourth-order valence-corrected chi connectivity index (χ4v) is 2.16. The Morgan fingerprint density at radius 2 is 1.86 bits per heavy atom. The van der Waals surface area contributed by atoms with Gasteiger partial charge in [-0.05, 0) is 30.7 Å². The van der Waals surface area contributed by atoms with E-state index in [1.165, 1.54) is 19.9 Å². The maximum absolute atomic E-state index is 13.9. The average Bonchev–Trinajstić information content (AvgIpc) is 2.37. The number of halogens is 2. The van der Waals surface area contributed by atoms with Gasteiger partial charge in [-0.1, -0.05) is 11.6 Å². The zero-order valence-electron chi connectivity index (χ0n) is 12.2. The summed E-state index contributed by atoms with van der Waals surface area (Å²) in [6, 6.07) is 2.48. The quantitative estimate of drug-likeness (QED) is 0.485. The number of hydrogen-bond donors (Lipinski definition) is 0. The molecule has 0 saturated carbocycles. The lowest BCUT2D eigenvalue weighted by atomic mass is 10.1. The van der Waals surface area contributed by atoms with E-state index in [9.17, 15) is 14.0 Å². The third-order valence-corrected chi connectivity index (χ3v) is 3.02. The van der Waals surface area contributed by atoms with E-state index in [0.717, 1.165) is 12.1 Å². The van der Waals surface area contributed by atoms with Crippen molar-refractivity contribution in [3.8, 4) is 5.75 Å². The van der Waals surface area contributed by atoms with Gasteiger partial charge in [0.2, 0.25) is 0 Å². The largest absolute Gasteiger partial charge is 0.489 e. The van der Waals surface area contributed by atoms with Crippen LogP contribution in [0.2, 0.25) is 5.02 Å². The first-order chi connectivity index (χ1) is 10.2. The lowest BCUT2D eigenvalue weighted by molar-refractivity contribution is -0.222. The Labute approximate surface area is 131 Å². The molecule has 0 N–H and O–H groups in total. The number of ether oxygens (including phenoxy) is 3. The normalized spacial score (nSPS) is 16.9. The van der Waals surface area contributed by atoms with E-state index in [1.54, 1.807) is 6.92 Å². The molecule has 1 aromatic rings. The zero-order chi connectivity index (χ0) is 16.5. The van der Waals surface area contributed by atoms with Crippen molar-refractivity contribution in [1.29, 1.82) is 0 Å². The first kappa shape index (κ1) is 16.3. The standard InChI is InChI=1S/C15H14ClFO5/c1-4-20-12-10(16)6-8(7-11(12)17)5-9-13(18)21-15(2,3)22-14(9)19/h5-7H,4H2,1-3H3.